The summed E-state index contributed by atoms with van der Waals surface area (Å²) in [7, 11) is 1.66. The fourth-order valence-corrected chi connectivity index (χ4v) is 2.26. The Kier molecular flexibility index (Phi) is 4.20. The number of hydrogen-bond donors (Lipinski definition) is 2. The number of carbonyl (C=O) groups is 1. The van der Waals surface area contributed by atoms with Gasteiger partial charge in [0.2, 0.25) is 5.91 Å². The highest BCUT2D eigenvalue weighted by molar-refractivity contribution is 5.79. The zero-order valence-corrected chi connectivity index (χ0v) is 11.0. The van der Waals surface area contributed by atoms with Gasteiger partial charge < -0.3 is 15.4 Å². The lowest BCUT2D eigenvalue weighted by atomic mass is 10.1. The summed E-state index contributed by atoms with van der Waals surface area (Å²) in [6, 6.07) is 5.97. The van der Waals surface area contributed by atoms with Gasteiger partial charge in [-0.15, -0.1) is 0 Å². The first-order valence-corrected chi connectivity index (χ1v) is 6.32. The molecule has 4 heteroatoms. The Balaban J connectivity index is 1.89. The minimum absolute atomic E-state index is 0.129. The molecule has 1 unspecified atom stereocenters. The van der Waals surface area contributed by atoms with Crippen LogP contribution in [0.5, 0.6) is 5.75 Å². The van der Waals surface area contributed by atoms with Gasteiger partial charge >= 0.3 is 0 Å². The Morgan fingerprint density at radius 2 is 2.39 bits per heavy atom. The lowest BCUT2D eigenvalue weighted by molar-refractivity contribution is -0.124. The molecule has 2 N–H and O–H groups in total. The second kappa shape index (κ2) is 5.87. The Morgan fingerprint density at radius 1 is 1.56 bits per heavy atom. The average molecular weight is 248 g/mol. The Bertz CT molecular complexity index is 426. The van der Waals surface area contributed by atoms with Gasteiger partial charge in [0, 0.05) is 13.1 Å². The summed E-state index contributed by atoms with van der Waals surface area (Å²) in [6.45, 7) is 4.33. The second-order valence-corrected chi connectivity index (χ2v) is 4.71. The fraction of sp³-hybridized carbons (Fsp3) is 0.500. The molecular formula is C14H20N2O2. The van der Waals surface area contributed by atoms with Crippen LogP contribution in [0.25, 0.3) is 0 Å². The molecule has 0 spiro atoms. The molecule has 0 radical (unpaired) electrons. The summed E-state index contributed by atoms with van der Waals surface area (Å²) in [6.07, 6.45) is 0.938. The van der Waals surface area contributed by atoms with Crippen molar-refractivity contribution in [2.45, 2.75) is 19.9 Å². The van der Waals surface area contributed by atoms with Crippen molar-refractivity contribution >= 4 is 5.91 Å². The molecule has 18 heavy (non-hydrogen) atoms. The Morgan fingerprint density at radius 3 is 3.00 bits per heavy atom. The first-order chi connectivity index (χ1) is 8.70. The normalized spacial score (nSPS) is 18.7. The molecule has 0 aromatic heterocycles. The van der Waals surface area contributed by atoms with Crippen molar-refractivity contribution in [1.82, 2.24) is 10.6 Å². The van der Waals surface area contributed by atoms with Crippen molar-refractivity contribution in [3.63, 3.8) is 0 Å². The molecule has 1 saturated heterocycles. The third-order valence-electron chi connectivity index (χ3n) is 3.36. The van der Waals surface area contributed by atoms with Gasteiger partial charge in [-0.05, 0) is 37.1 Å². The number of amides is 1. The molecule has 1 heterocycles. The van der Waals surface area contributed by atoms with Crippen LogP contribution < -0.4 is 15.4 Å². The summed E-state index contributed by atoms with van der Waals surface area (Å²) in [5.74, 6) is 1.16. The SMILES string of the molecule is COc1ccc(CNC(=O)C2CCNC2)cc1C. The molecular weight excluding hydrogens is 228 g/mol. The van der Waals surface area contributed by atoms with Crippen LogP contribution in [0.15, 0.2) is 18.2 Å². The smallest absolute Gasteiger partial charge is 0.224 e. The van der Waals surface area contributed by atoms with Crippen molar-refractivity contribution in [2.75, 3.05) is 20.2 Å². The summed E-state index contributed by atoms with van der Waals surface area (Å²) < 4.78 is 5.21. The van der Waals surface area contributed by atoms with Crippen molar-refractivity contribution in [2.24, 2.45) is 5.92 Å². The van der Waals surface area contributed by atoms with Crippen LogP contribution in [-0.4, -0.2) is 26.1 Å². The molecule has 2 rings (SSSR count). The van der Waals surface area contributed by atoms with E-state index in [9.17, 15) is 4.79 Å². The number of benzene rings is 1. The lowest BCUT2D eigenvalue weighted by Gasteiger charge is -2.11. The standard InChI is InChI=1S/C14H20N2O2/c1-10-7-11(3-4-13(10)18-2)8-16-14(17)12-5-6-15-9-12/h3-4,7,12,15H,5-6,8-9H2,1-2H3,(H,16,17). The number of hydrogen-bond acceptors (Lipinski definition) is 3. The maximum atomic E-state index is 11.9. The molecule has 1 aromatic rings. The van der Waals surface area contributed by atoms with Crippen LogP contribution in [-0.2, 0) is 11.3 Å². The van der Waals surface area contributed by atoms with E-state index in [2.05, 4.69) is 10.6 Å². The third kappa shape index (κ3) is 3.01. The summed E-state index contributed by atoms with van der Waals surface area (Å²) in [5, 5.41) is 6.18. The fourth-order valence-electron chi connectivity index (χ4n) is 2.26. The first kappa shape index (κ1) is 12.9. The topological polar surface area (TPSA) is 50.4 Å². The molecule has 4 nitrogen and oxygen atoms in total. The zero-order valence-electron chi connectivity index (χ0n) is 11.0. The van der Waals surface area contributed by atoms with Gasteiger partial charge in [-0.2, -0.15) is 0 Å². The summed E-state index contributed by atoms with van der Waals surface area (Å²) in [4.78, 5) is 11.9. The van der Waals surface area contributed by atoms with Crippen LogP contribution in [0.2, 0.25) is 0 Å². The molecule has 1 aromatic carbocycles. The number of methoxy groups -OCH3 is 1. The molecule has 1 aliphatic heterocycles. The van der Waals surface area contributed by atoms with Crippen LogP contribution in [0.3, 0.4) is 0 Å². The number of nitrogens with one attached hydrogen (secondary N) is 2. The van der Waals surface area contributed by atoms with Gasteiger partial charge in [-0.1, -0.05) is 12.1 Å². The van der Waals surface area contributed by atoms with Gasteiger partial charge in [-0.3, -0.25) is 4.79 Å². The molecule has 0 aliphatic carbocycles. The highest BCUT2D eigenvalue weighted by Gasteiger charge is 2.21. The predicted octanol–water partition coefficient (Wildman–Crippen LogP) is 1.23. The highest BCUT2D eigenvalue weighted by Crippen LogP contribution is 2.18. The molecule has 1 fully saturated rings. The van der Waals surface area contributed by atoms with E-state index < -0.39 is 0 Å². The van der Waals surface area contributed by atoms with E-state index in [1.165, 1.54) is 0 Å². The van der Waals surface area contributed by atoms with Crippen LogP contribution in [0, 0.1) is 12.8 Å². The Hall–Kier alpha value is -1.55. The van der Waals surface area contributed by atoms with Crippen molar-refractivity contribution in [3.8, 4) is 5.75 Å². The number of ether oxygens (including phenoxy) is 1. The second-order valence-electron chi connectivity index (χ2n) is 4.71. The summed E-state index contributed by atoms with van der Waals surface area (Å²) in [5.41, 5.74) is 2.19. The minimum Gasteiger partial charge on any atom is -0.496 e. The summed E-state index contributed by atoms with van der Waals surface area (Å²) >= 11 is 0. The molecule has 1 atom stereocenters. The monoisotopic (exact) mass is 248 g/mol. The van der Waals surface area contributed by atoms with E-state index >= 15 is 0 Å². The van der Waals surface area contributed by atoms with Crippen LogP contribution in [0.1, 0.15) is 17.5 Å². The predicted molar refractivity (Wildman–Crippen MR) is 70.6 cm³/mol. The van der Waals surface area contributed by atoms with Crippen molar-refractivity contribution in [3.05, 3.63) is 29.3 Å². The van der Waals surface area contributed by atoms with E-state index in [0.717, 1.165) is 36.4 Å². The molecule has 1 aliphatic rings. The van der Waals surface area contributed by atoms with Crippen LogP contribution >= 0.6 is 0 Å². The van der Waals surface area contributed by atoms with E-state index in [4.69, 9.17) is 4.74 Å². The van der Waals surface area contributed by atoms with Crippen molar-refractivity contribution in [1.29, 1.82) is 0 Å². The number of carbonyl (C=O) groups excluding carboxylic acids is 1. The minimum atomic E-state index is 0.129. The molecule has 0 bridgehead atoms. The van der Waals surface area contributed by atoms with Crippen LogP contribution in [0.4, 0.5) is 0 Å². The van der Waals surface area contributed by atoms with E-state index in [1.54, 1.807) is 7.11 Å². The zero-order chi connectivity index (χ0) is 13.0. The molecule has 1 amide bonds. The van der Waals surface area contributed by atoms with E-state index in [1.807, 2.05) is 25.1 Å². The average Bonchev–Trinajstić information content (AvgIpc) is 2.90. The van der Waals surface area contributed by atoms with Gasteiger partial charge in [0.05, 0.1) is 13.0 Å². The first-order valence-electron chi connectivity index (χ1n) is 6.32. The number of aryl methyl sites for hydroxylation is 1. The largest absolute Gasteiger partial charge is 0.496 e. The maximum Gasteiger partial charge on any atom is 0.224 e. The van der Waals surface area contributed by atoms with Gasteiger partial charge in [0.15, 0.2) is 0 Å². The molecule has 0 saturated carbocycles. The number of rotatable bonds is 4. The maximum absolute atomic E-state index is 11.9. The third-order valence-corrected chi connectivity index (χ3v) is 3.36. The molecule has 98 valence electrons. The lowest BCUT2D eigenvalue weighted by Crippen LogP contribution is -2.31. The van der Waals surface area contributed by atoms with E-state index in [0.29, 0.717) is 6.54 Å². The van der Waals surface area contributed by atoms with E-state index in [-0.39, 0.29) is 11.8 Å². The quantitative estimate of drug-likeness (QED) is 0.842. The van der Waals surface area contributed by atoms with Gasteiger partial charge in [-0.25, -0.2) is 0 Å². The van der Waals surface area contributed by atoms with Gasteiger partial charge in [0.1, 0.15) is 5.75 Å². The van der Waals surface area contributed by atoms with Crippen molar-refractivity contribution < 1.29 is 9.53 Å². The van der Waals surface area contributed by atoms with Gasteiger partial charge in [0.25, 0.3) is 0 Å². The highest BCUT2D eigenvalue weighted by atomic mass is 16.5. The Labute approximate surface area is 108 Å².